The van der Waals surface area contributed by atoms with Crippen LogP contribution in [0.4, 0.5) is 0 Å². The van der Waals surface area contributed by atoms with Gasteiger partial charge in [0.25, 0.3) is 0 Å². The lowest BCUT2D eigenvalue weighted by molar-refractivity contribution is 1.76. The van der Waals surface area contributed by atoms with Gasteiger partial charge in [0.15, 0.2) is 5.43 Å². The Labute approximate surface area is 167 Å². The molecule has 0 aliphatic heterocycles. The minimum absolute atomic E-state index is 0.00422. The molecule has 0 aliphatic carbocycles. The molecule has 126 valence electrons. The van der Waals surface area contributed by atoms with E-state index in [0.29, 0.717) is 25.8 Å². The van der Waals surface area contributed by atoms with E-state index in [0.717, 1.165) is 30.9 Å². The van der Waals surface area contributed by atoms with Crippen LogP contribution in [-0.2, 0) is 0 Å². The molecule has 0 N–H and O–H groups in total. The molecule has 0 amide bonds. The van der Waals surface area contributed by atoms with E-state index in [4.69, 9.17) is 34.8 Å². The summed E-state index contributed by atoms with van der Waals surface area (Å²) in [5.74, 6) is 0. The molecule has 0 radical (unpaired) electrons. The summed E-state index contributed by atoms with van der Waals surface area (Å²) in [4.78, 5) is 13.0. The molecule has 5 heteroatoms. The molecular formula is C21H9Cl3OS. The van der Waals surface area contributed by atoms with Gasteiger partial charge in [0, 0.05) is 46.0 Å². The predicted octanol–water partition coefficient (Wildman–Crippen LogP) is 7.68. The van der Waals surface area contributed by atoms with Crippen LogP contribution in [0.2, 0.25) is 15.1 Å². The van der Waals surface area contributed by atoms with E-state index in [2.05, 4.69) is 0 Å². The Morgan fingerprint density at radius 3 is 1.88 bits per heavy atom. The average Bonchev–Trinajstić information content (AvgIpc) is 2.63. The highest BCUT2D eigenvalue weighted by Gasteiger charge is 2.11. The molecular weight excluding hydrogens is 407 g/mol. The van der Waals surface area contributed by atoms with E-state index in [1.807, 2.05) is 36.4 Å². The van der Waals surface area contributed by atoms with E-state index < -0.39 is 0 Å². The zero-order valence-corrected chi connectivity index (χ0v) is 16.2. The van der Waals surface area contributed by atoms with Crippen LogP contribution in [0.1, 0.15) is 0 Å². The SMILES string of the molecule is O=c1c2cc(Cl)ccc2sc2cc3cc4c(Cl)ccc(Cl)c4cc3cc12. The van der Waals surface area contributed by atoms with Gasteiger partial charge < -0.3 is 0 Å². The average molecular weight is 416 g/mol. The maximum Gasteiger partial charge on any atom is 0.195 e. The lowest BCUT2D eigenvalue weighted by Gasteiger charge is -2.08. The monoisotopic (exact) mass is 414 g/mol. The van der Waals surface area contributed by atoms with Crippen molar-refractivity contribution in [1.82, 2.24) is 0 Å². The number of rotatable bonds is 0. The number of hydrogen-bond acceptors (Lipinski definition) is 2. The molecule has 1 aromatic heterocycles. The van der Waals surface area contributed by atoms with E-state index in [1.54, 1.807) is 29.5 Å². The van der Waals surface area contributed by atoms with Crippen molar-refractivity contribution in [3.05, 3.63) is 79.9 Å². The second-order valence-corrected chi connectivity index (χ2v) is 8.53. The van der Waals surface area contributed by atoms with Gasteiger partial charge in [-0.1, -0.05) is 34.8 Å². The maximum atomic E-state index is 13.0. The second kappa shape index (κ2) is 5.83. The molecule has 4 aromatic carbocycles. The van der Waals surface area contributed by atoms with E-state index >= 15 is 0 Å². The number of hydrogen-bond donors (Lipinski definition) is 0. The standard InChI is InChI=1S/C21H9Cl3OS/c22-12-1-4-19-16(9-12)21(25)15-7-10-5-13-14(18(24)3-2-17(13)23)6-11(10)8-20(15)26-19/h1-9H. The van der Waals surface area contributed by atoms with Crippen molar-refractivity contribution in [2.45, 2.75) is 0 Å². The van der Waals surface area contributed by atoms with Crippen LogP contribution >= 0.6 is 46.1 Å². The molecule has 0 atom stereocenters. The van der Waals surface area contributed by atoms with Crippen molar-refractivity contribution in [1.29, 1.82) is 0 Å². The molecule has 1 heterocycles. The first-order valence-corrected chi connectivity index (χ1v) is 9.84. The fraction of sp³-hybridized carbons (Fsp3) is 0. The normalized spacial score (nSPS) is 11.8. The third-order valence-corrected chi connectivity index (χ3v) is 6.64. The highest BCUT2D eigenvalue weighted by molar-refractivity contribution is 7.24. The lowest BCUT2D eigenvalue weighted by atomic mass is 10.0. The van der Waals surface area contributed by atoms with Crippen LogP contribution in [0.5, 0.6) is 0 Å². The molecule has 5 rings (SSSR count). The maximum absolute atomic E-state index is 13.0. The van der Waals surface area contributed by atoms with Crippen molar-refractivity contribution in [3.8, 4) is 0 Å². The van der Waals surface area contributed by atoms with Crippen LogP contribution in [0.25, 0.3) is 41.7 Å². The molecule has 5 aromatic rings. The zero-order valence-electron chi connectivity index (χ0n) is 13.1. The smallest absolute Gasteiger partial charge is 0.195 e. The van der Waals surface area contributed by atoms with E-state index in [-0.39, 0.29) is 5.43 Å². The Morgan fingerprint density at radius 2 is 1.19 bits per heavy atom. The summed E-state index contributed by atoms with van der Waals surface area (Å²) in [5.41, 5.74) is -0.00422. The first-order valence-electron chi connectivity index (χ1n) is 7.89. The van der Waals surface area contributed by atoms with Gasteiger partial charge in [0.1, 0.15) is 0 Å². The first-order chi connectivity index (χ1) is 12.5. The Morgan fingerprint density at radius 1 is 0.615 bits per heavy atom. The molecule has 0 bridgehead atoms. The van der Waals surface area contributed by atoms with Gasteiger partial charge in [-0.3, -0.25) is 4.79 Å². The van der Waals surface area contributed by atoms with Gasteiger partial charge in [-0.25, -0.2) is 0 Å². The van der Waals surface area contributed by atoms with Crippen LogP contribution in [0.15, 0.2) is 59.4 Å². The Hall–Kier alpha value is -1.84. The minimum atomic E-state index is -0.00422. The predicted molar refractivity (Wildman–Crippen MR) is 116 cm³/mol. The first kappa shape index (κ1) is 16.3. The van der Waals surface area contributed by atoms with Gasteiger partial charge in [-0.15, -0.1) is 11.3 Å². The Balaban J connectivity index is 1.97. The molecule has 0 unspecified atom stereocenters. The molecule has 0 spiro atoms. The van der Waals surface area contributed by atoms with Gasteiger partial charge in [-0.2, -0.15) is 0 Å². The number of fused-ring (bicyclic) bond motifs is 4. The van der Waals surface area contributed by atoms with Crippen molar-refractivity contribution in [2.24, 2.45) is 0 Å². The van der Waals surface area contributed by atoms with E-state index in [9.17, 15) is 4.79 Å². The zero-order chi connectivity index (χ0) is 18.0. The van der Waals surface area contributed by atoms with Crippen LogP contribution in [0, 0.1) is 0 Å². The van der Waals surface area contributed by atoms with Gasteiger partial charge in [0.05, 0.1) is 0 Å². The highest BCUT2D eigenvalue weighted by atomic mass is 35.5. The van der Waals surface area contributed by atoms with Gasteiger partial charge in [-0.05, 0) is 65.4 Å². The topological polar surface area (TPSA) is 17.1 Å². The molecule has 1 nitrogen and oxygen atoms in total. The summed E-state index contributed by atoms with van der Waals surface area (Å²) in [6.07, 6.45) is 0. The van der Waals surface area contributed by atoms with Crippen LogP contribution < -0.4 is 5.43 Å². The third-order valence-electron chi connectivity index (χ3n) is 4.62. The number of benzene rings is 4. The molecule has 0 saturated carbocycles. The summed E-state index contributed by atoms with van der Waals surface area (Å²) in [6, 6.07) is 17.0. The lowest BCUT2D eigenvalue weighted by Crippen LogP contribution is -2.00. The summed E-state index contributed by atoms with van der Waals surface area (Å²) >= 11 is 20.3. The second-order valence-electron chi connectivity index (χ2n) is 6.19. The van der Waals surface area contributed by atoms with Crippen LogP contribution in [0.3, 0.4) is 0 Å². The molecule has 0 fully saturated rings. The number of halogens is 3. The summed E-state index contributed by atoms with van der Waals surface area (Å²) in [7, 11) is 0. The summed E-state index contributed by atoms with van der Waals surface area (Å²) in [5, 5.41) is 6.98. The Bertz CT molecular complexity index is 1440. The fourth-order valence-electron chi connectivity index (χ4n) is 3.34. The fourth-order valence-corrected chi connectivity index (χ4v) is 5.04. The minimum Gasteiger partial charge on any atom is -0.289 e. The van der Waals surface area contributed by atoms with Crippen LogP contribution in [-0.4, -0.2) is 0 Å². The summed E-state index contributed by atoms with van der Waals surface area (Å²) in [6.45, 7) is 0. The van der Waals surface area contributed by atoms with Crippen molar-refractivity contribution in [2.75, 3.05) is 0 Å². The molecule has 0 saturated heterocycles. The van der Waals surface area contributed by atoms with Crippen molar-refractivity contribution >= 4 is 87.9 Å². The van der Waals surface area contributed by atoms with Gasteiger partial charge in [0.2, 0.25) is 0 Å². The third kappa shape index (κ3) is 2.41. The van der Waals surface area contributed by atoms with Crippen molar-refractivity contribution < 1.29 is 0 Å². The quantitative estimate of drug-likeness (QED) is 0.237. The molecule has 0 aliphatic rings. The molecule has 26 heavy (non-hydrogen) atoms. The van der Waals surface area contributed by atoms with E-state index in [1.165, 1.54) is 0 Å². The summed E-state index contributed by atoms with van der Waals surface area (Å²) < 4.78 is 1.86. The Kier molecular flexibility index (Phi) is 3.67. The largest absolute Gasteiger partial charge is 0.289 e. The van der Waals surface area contributed by atoms with Crippen molar-refractivity contribution in [3.63, 3.8) is 0 Å². The van der Waals surface area contributed by atoms with Gasteiger partial charge >= 0.3 is 0 Å². The highest BCUT2D eigenvalue weighted by Crippen LogP contribution is 2.36.